The van der Waals surface area contributed by atoms with Crippen LogP contribution in [0.3, 0.4) is 0 Å². The lowest BCUT2D eigenvalue weighted by molar-refractivity contribution is 0.0987. The van der Waals surface area contributed by atoms with E-state index < -0.39 is 0 Å². The molecule has 0 atom stereocenters. The largest absolute Gasteiger partial charge is 0.294 e. The average Bonchev–Trinajstić information content (AvgIpc) is 2.82. The third-order valence-electron chi connectivity index (χ3n) is 2.57. The molecule has 0 amide bonds. The summed E-state index contributed by atoms with van der Waals surface area (Å²) in [6.07, 6.45) is 6.12. The zero-order valence-corrected chi connectivity index (χ0v) is 9.92. The lowest BCUT2D eigenvalue weighted by Crippen LogP contribution is -2.08. The van der Waals surface area contributed by atoms with Crippen LogP contribution in [-0.2, 0) is 6.42 Å². The zero-order chi connectivity index (χ0) is 12.3. The highest BCUT2D eigenvalue weighted by Gasteiger charge is 2.16. The molecule has 0 bridgehead atoms. The van der Waals surface area contributed by atoms with E-state index in [1.54, 1.807) is 29.3 Å². The molecule has 0 aliphatic rings. The maximum absolute atomic E-state index is 11.7. The minimum atomic E-state index is 0.101. The molecule has 0 fully saturated rings. The summed E-state index contributed by atoms with van der Waals surface area (Å²) in [4.78, 5) is 20.0. The maximum Gasteiger partial charge on any atom is 0.250 e. The van der Waals surface area contributed by atoms with Gasteiger partial charge in [0.1, 0.15) is 0 Å². The number of carbonyl (C=O) groups is 1. The van der Waals surface area contributed by atoms with Gasteiger partial charge in [-0.1, -0.05) is 13.8 Å². The van der Waals surface area contributed by atoms with Gasteiger partial charge in [-0.3, -0.25) is 4.79 Å². The van der Waals surface area contributed by atoms with Gasteiger partial charge in [0.25, 0.3) is 5.95 Å². The van der Waals surface area contributed by atoms with Crippen molar-refractivity contribution < 1.29 is 4.79 Å². The number of ketones is 1. The van der Waals surface area contributed by atoms with Crippen molar-refractivity contribution in [3.63, 3.8) is 0 Å². The quantitative estimate of drug-likeness (QED) is 0.752. The number of Topliss-reactive ketones (excluding diaryl/α,β-unsaturated/α-hetero) is 1. The molecule has 0 radical (unpaired) electrons. The van der Waals surface area contributed by atoms with Gasteiger partial charge in [0.05, 0.1) is 17.5 Å². The number of rotatable bonds is 4. The van der Waals surface area contributed by atoms with Crippen LogP contribution in [0.25, 0.3) is 5.95 Å². The molecule has 2 aromatic heterocycles. The number of aromatic nitrogens is 4. The first-order valence-electron chi connectivity index (χ1n) is 5.65. The fraction of sp³-hybridized carbons (Fsp3) is 0.333. The molecule has 2 rings (SSSR count). The van der Waals surface area contributed by atoms with E-state index in [2.05, 4.69) is 15.1 Å². The molecule has 88 valence electrons. The number of carbonyl (C=O) groups excluding carboxylic acids is 1. The molecule has 17 heavy (non-hydrogen) atoms. The third kappa shape index (κ3) is 2.08. The van der Waals surface area contributed by atoms with E-state index in [1.165, 1.54) is 0 Å². The maximum atomic E-state index is 11.7. The van der Waals surface area contributed by atoms with E-state index in [-0.39, 0.29) is 5.78 Å². The molecule has 2 heterocycles. The van der Waals surface area contributed by atoms with Crippen LogP contribution in [0.5, 0.6) is 0 Å². The van der Waals surface area contributed by atoms with Gasteiger partial charge in [0, 0.05) is 18.8 Å². The Morgan fingerprint density at radius 1 is 1.29 bits per heavy atom. The fourth-order valence-electron chi connectivity index (χ4n) is 1.71. The molecule has 0 aliphatic carbocycles. The van der Waals surface area contributed by atoms with Crippen LogP contribution in [0.15, 0.2) is 24.7 Å². The summed E-state index contributed by atoms with van der Waals surface area (Å²) in [5, 5.41) is 4.20. The summed E-state index contributed by atoms with van der Waals surface area (Å²) < 4.78 is 1.63. The Morgan fingerprint density at radius 3 is 2.59 bits per heavy atom. The van der Waals surface area contributed by atoms with E-state index >= 15 is 0 Å². The third-order valence-corrected chi connectivity index (χ3v) is 2.57. The van der Waals surface area contributed by atoms with Crippen LogP contribution in [0.4, 0.5) is 0 Å². The monoisotopic (exact) mass is 230 g/mol. The van der Waals surface area contributed by atoms with Crippen molar-refractivity contribution in [3.05, 3.63) is 35.9 Å². The smallest absolute Gasteiger partial charge is 0.250 e. The Kier molecular flexibility index (Phi) is 3.27. The minimum absolute atomic E-state index is 0.101. The second-order valence-electron chi connectivity index (χ2n) is 3.60. The molecular formula is C12H14N4O. The molecule has 5 nitrogen and oxygen atoms in total. The molecule has 0 spiro atoms. The average molecular weight is 230 g/mol. The first-order valence-corrected chi connectivity index (χ1v) is 5.65. The Morgan fingerprint density at radius 2 is 2.00 bits per heavy atom. The van der Waals surface area contributed by atoms with Crippen molar-refractivity contribution in [2.45, 2.75) is 26.7 Å². The number of nitrogens with zero attached hydrogens (tertiary/aromatic N) is 4. The van der Waals surface area contributed by atoms with Crippen molar-refractivity contribution in [2.75, 3.05) is 0 Å². The van der Waals surface area contributed by atoms with Gasteiger partial charge < -0.3 is 0 Å². The predicted molar refractivity (Wildman–Crippen MR) is 63.2 cm³/mol. The van der Waals surface area contributed by atoms with Crippen LogP contribution >= 0.6 is 0 Å². The van der Waals surface area contributed by atoms with Gasteiger partial charge in [-0.05, 0) is 12.5 Å². The van der Waals surface area contributed by atoms with E-state index in [0.717, 1.165) is 12.1 Å². The van der Waals surface area contributed by atoms with E-state index in [1.807, 2.05) is 13.8 Å². The Hall–Kier alpha value is -2.04. The number of hydrogen-bond donors (Lipinski definition) is 0. The summed E-state index contributed by atoms with van der Waals surface area (Å²) in [6, 6.07) is 1.75. The first kappa shape index (κ1) is 11.4. The van der Waals surface area contributed by atoms with Crippen LogP contribution < -0.4 is 0 Å². The van der Waals surface area contributed by atoms with Gasteiger partial charge >= 0.3 is 0 Å². The van der Waals surface area contributed by atoms with Crippen LogP contribution in [-0.4, -0.2) is 25.5 Å². The van der Waals surface area contributed by atoms with Crippen molar-refractivity contribution in [2.24, 2.45) is 0 Å². The second kappa shape index (κ2) is 4.86. The number of hydrogen-bond acceptors (Lipinski definition) is 4. The molecule has 2 aromatic rings. The molecular weight excluding hydrogens is 216 g/mol. The molecule has 0 aliphatic heterocycles. The van der Waals surface area contributed by atoms with Crippen LogP contribution in [0.1, 0.15) is 36.3 Å². The Bertz CT molecular complexity index is 519. The molecule has 0 unspecified atom stereocenters. The second-order valence-corrected chi connectivity index (χ2v) is 3.60. The lowest BCUT2D eigenvalue weighted by atomic mass is 10.1. The summed E-state index contributed by atoms with van der Waals surface area (Å²) in [7, 11) is 0. The van der Waals surface area contributed by atoms with E-state index in [9.17, 15) is 4.79 Å². The highest BCUT2D eigenvalue weighted by Crippen LogP contribution is 2.14. The fourth-order valence-corrected chi connectivity index (χ4v) is 1.71. The van der Waals surface area contributed by atoms with E-state index in [0.29, 0.717) is 17.9 Å². The van der Waals surface area contributed by atoms with Crippen molar-refractivity contribution in [1.29, 1.82) is 0 Å². The van der Waals surface area contributed by atoms with Crippen LogP contribution in [0.2, 0.25) is 0 Å². The molecule has 0 aromatic carbocycles. The summed E-state index contributed by atoms with van der Waals surface area (Å²) in [6.45, 7) is 3.83. The summed E-state index contributed by atoms with van der Waals surface area (Å²) >= 11 is 0. The van der Waals surface area contributed by atoms with E-state index in [4.69, 9.17) is 0 Å². The molecule has 5 heteroatoms. The highest BCUT2D eigenvalue weighted by atomic mass is 16.1. The van der Waals surface area contributed by atoms with Gasteiger partial charge in [0.2, 0.25) is 0 Å². The topological polar surface area (TPSA) is 60.7 Å². The lowest BCUT2D eigenvalue weighted by Gasteiger charge is -2.04. The minimum Gasteiger partial charge on any atom is -0.294 e. The van der Waals surface area contributed by atoms with Gasteiger partial charge in [-0.15, -0.1) is 0 Å². The van der Waals surface area contributed by atoms with Gasteiger partial charge in [-0.25, -0.2) is 14.6 Å². The van der Waals surface area contributed by atoms with Gasteiger partial charge in [0.15, 0.2) is 5.78 Å². The Labute approximate surface area is 99.5 Å². The summed E-state index contributed by atoms with van der Waals surface area (Å²) in [5.74, 6) is 0.600. The van der Waals surface area contributed by atoms with Crippen molar-refractivity contribution in [3.8, 4) is 5.95 Å². The highest BCUT2D eigenvalue weighted by molar-refractivity contribution is 5.96. The molecule has 0 N–H and O–H groups in total. The Balaban J connectivity index is 2.50. The first-order chi connectivity index (χ1) is 8.27. The predicted octanol–water partition coefficient (Wildman–Crippen LogP) is 1.82. The van der Waals surface area contributed by atoms with Gasteiger partial charge in [-0.2, -0.15) is 5.10 Å². The molecule has 0 saturated carbocycles. The zero-order valence-electron chi connectivity index (χ0n) is 9.92. The van der Waals surface area contributed by atoms with Crippen molar-refractivity contribution >= 4 is 5.78 Å². The van der Waals surface area contributed by atoms with Crippen molar-refractivity contribution in [1.82, 2.24) is 19.7 Å². The normalized spacial score (nSPS) is 10.5. The molecule has 0 saturated heterocycles. The summed E-state index contributed by atoms with van der Waals surface area (Å²) in [5.41, 5.74) is 1.53. The van der Waals surface area contributed by atoms with Crippen LogP contribution in [0, 0.1) is 0 Å². The SMILES string of the molecule is CCC(=O)c1cnn(-c2ncccn2)c1CC. The standard InChI is InChI=1S/C12H14N4O/c1-3-10-9(11(17)4-2)8-15-16(10)12-13-6-5-7-14-12/h5-8H,3-4H2,1-2H3.